The van der Waals surface area contributed by atoms with Gasteiger partial charge in [-0.25, -0.2) is 0 Å². The van der Waals surface area contributed by atoms with Crippen LogP contribution in [0.5, 0.6) is 0 Å². The van der Waals surface area contributed by atoms with Gasteiger partial charge < -0.3 is 10.3 Å². The summed E-state index contributed by atoms with van der Waals surface area (Å²) in [5.74, 6) is 0. The van der Waals surface area contributed by atoms with Crippen molar-refractivity contribution in [2.75, 3.05) is 5.23 Å². The second kappa shape index (κ2) is 5.34. The molecule has 0 saturated carbocycles. The molecular weight excluding hydrogens is 357 g/mol. The van der Waals surface area contributed by atoms with Crippen LogP contribution in [-0.2, 0) is 21.1 Å². The zero-order valence-electron chi connectivity index (χ0n) is 8.40. The van der Waals surface area contributed by atoms with E-state index in [0.29, 0.717) is 0 Å². The third-order valence-corrected chi connectivity index (χ3v) is 2.04. The molecule has 0 aliphatic rings. The number of rotatable bonds is 2. The molecule has 0 radical (unpaired) electrons. The summed E-state index contributed by atoms with van der Waals surface area (Å²) in [7, 11) is -0.549. The van der Waals surface area contributed by atoms with Gasteiger partial charge in [0.2, 0.25) is 0 Å². The smallest absolute Gasteiger partial charge is 0.405 e. The minimum atomic E-state index is -0.549. The Morgan fingerprint density at radius 1 is 1.27 bits per heavy atom. The van der Waals surface area contributed by atoms with Crippen molar-refractivity contribution in [3.8, 4) is 0 Å². The summed E-state index contributed by atoms with van der Waals surface area (Å²) in [6, 6.07) is 15.0. The fourth-order valence-electron chi connectivity index (χ4n) is 1.43. The van der Waals surface area contributed by atoms with Crippen LogP contribution in [0.4, 0.5) is 5.69 Å². The zero-order valence-corrected chi connectivity index (χ0v) is 11.3. The topological polar surface area (TPSA) is 32.3 Å². The Labute approximate surface area is 104 Å². The molecule has 76 valence electrons. The van der Waals surface area contributed by atoms with Crippen LogP contribution < -0.4 is 5.23 Å². The fourth-order valence-corrected chi connectivity index (χ4v) is 1.43. The van der Waals surface area contributed by atoms with Gasteiger partial charge in [0.05, 0.1) is 0 Å². The molecule has 0 aromatic heterocycles. The average molecular weight is 368 g/mol. The maximum Gasteiger partial charge on any atom is 0.405 e. The van der Waals surface area contributed by atoms with Crippen molar-refractivity contribution in [3.05, 3.63) is 42.5 Å². The number of benzene rings is 2. The van der Waals surface area contributed by atoms with E-state index >= 15 is 0 Å². The molecule has 15 heavy (non-hydrogen) atoms. The minimum absolute atomic E-state index is 0. The Balaban J connectivity index is 0.00000112. The summed E-state index contributed by atoms with van der Waals surface area (Å²) in [5.41, 5.74) is 0.818. The van der Waals surface area contributed by atoms with E-state index in [1.807, 2.05) is 36.4 Å². The minimum Gasteiger partial charge on any atom is -0.433 e. The number of fused-ring (bicyclic) bond motifs is 1. The van der Waals surface area contributed by atoms with E-state index < -0.39 is 7.05 Å². The Morgan fingerprint density at radius 3 is 2.60 bits per heavy atom. The van der Waals surface area contributed by atoms with Gasteiger partial charge in [0, 0.05) is 21.1 Å². The molecule has 2 N–H and O–H groups in total. The van der Waals surface area contributed by atoms with Gasteiger partial charge in [0.25, 0.3) is 0 Å². The number of anilines is 1. The average Bonchev–Trinajstić information content (AvgIpc) is 2.17. The quantitative estimate of drug-likeness (QED) is 0.630. The summed E-state index contributed by atoms with van der Waals surface area (Å²) in [5, 5.41) is 14.3. The molecule has 2 nitrogen and oxygen atoms in total. The zero-order chi connectivity index (χ0) is 9.97. The second-order valence-corrected chi connectivity index (χ2v) is 3.30. The molecule has 0 aliphatic heterocycles. The molecule has 2 aromatic carbocycles. The van der Waals surface area contributed by atoms with Crippen molar-refractivity contribution >= 4 is 23.5 Å². The van der Waals surface area contributed by atoms with Gasteiger partial charge in [-0.2, -0.15) is 12.1 Å². The molecule has 0 heterocycles. The molecule has 0 aliphatic carbocycles. The molecule has 4 heteroatoms. The first kappa shape index (κ1) is 12.3. The van der Waals surface area contributed by atoms with Crippen molar-refractivity contribution in [1.29, 1.82) is 0 Å². The normalized spacial score (nSPS) is 9.47. The first-order valence-corrected chi connectivity index (χ1v) is 4.61. The van der Waals surface area contributed by atoms with Crippen molar-refractivity contribution in [2.45, 2.75) is 6.82 Å². The summed E-state index contributed by atoms with van der Waals surface area (Å²) >= 11 is 0. The summed E-state index contributed by atoms with van der Waals surface area (Å²) < 4.78 is 0. The van der Waals surface area contributed by atoms with Crippen LogP contribution in [0.2, 0.25) is 6.82 Å². The summed E-state index contributed by atoms with van der Waals surface area (Å²) in [6.07, 6.45) is 0. The van der Waals surface area contributed by atoms with Crippen LogP contribution in [0.15, 0.2) is 36.4 Å². The van der Waals surface area contributed by atoms with Crippen LogP contribution in [0.3, 0.4) is 0 Å². The van der Waals surface area contributed by atoms with Gasteiger partial charge in [-0.05, 0) is 6.82 Å². The second-order valence-electron chi connectivity index (χ2n) is 3.30. The van der Waals surface area contributed by atoms with E-state index in [0.717, 1.165) is 16.5 Å². The summed E-state index contributed by atoms with van der Waals surface area (Å²) in [4.78, 5) is 0. The molecule has 0 atom stereocenters. The van der Waals surface area contributed by atoms with Gasteiger partial charge >= 0.3 is 7.05 Å². The molecule has 0 spiro atoms. The monoisotopic (exact) mass is 368 g/mol. The number of nitrogens with one attached hydrogen (secondary N) is 1. The molecule has 2 rings (SSSR count). The number of hydrogen-bond donors (Lipinski definition) is 2. The van der Waals surface area contributed by atoms with E-state index in [9.17, 15) is 0 Å². The molecule has 0 amide bonds. The predicted octanol–water partition coefficient (Wildman–Crippen LogP) is 2.16. The fraction of sp³-hybridized carbons (Fsp3) is 0.0909. The van der Waals surface area contributed by atoms with E-state index in [1.54, 1.807) is 6.82 Å². The van der Waals surface area contributed by atoms with Crippen LogP contribution in [0, 0.1) is 6.07 Å². The Kier molecular flexibility index (Phi) is 4.37. The van der Waals surface area contributed by atoms with Crippen molar-refractivity contribution in [3.63, 3.8) is 0 Å². The van der Waals surface area contributed by atoms with Crippen LogP contribution >= 0.6 is 0 Å². The van der Waals surface area contributed by atoms with Gasteiger partial charge in [-0.3, -0.25) is 0 Å². The largest absolute Gasteiger partial charge is 0.433 e. The Bertz CT molecular complexity index is 447. The first-order valence-electron chi connectivity index (χ1n) is 4.61. The van der Waals surface area contributed by atoms with E-state index in [4.69, 9.17) is 5.02 Å². The van der Waals surface area contributed by atoms with Crippen LogP contribution in [0.1, 0.15) is 0 Å². The molecule has 0 unspecified atom stereocenters. The van der Waals surface area contributed by atoms with Gasteiger partial charge in [-0.15, -0.1) is 22.9 Å². The molecule has 2 aromatic rings. The van der Waals surface area contributed by atoms with Gasteiger partial charge in [0.1, 0.15) is 0 Å². The first-order chi connectivity index (χ1) is 6.75. The molecule has 0 bridgehead atoms. The molecular formula is C11H11BNOW-. The van der Waals surface area contributed by atoms with E-state index in [2.05, 4.69) is 11.3 Å². The third-order valence-electron chi connectivity index (χ3n) is 2.04. The maximum atomic E-state index is 9.15. The third kappa shape index (κ3) is 3.08. The molecule has 0 saturated heterocycles. The Morgan fingerprint density at radius 2 is 1.93 bits per heavy atom. The standard InChI is InChI=1S/C11H11BNO.W/c1-12(14)13-11-7-6-9-4-2-3-5-10(9)8-11;/h2-6,8,13-14H,1H3;/q-1;. The van der Waals surface area contributed by atoms with Crippen LogP contribution in [0.25, 0.3) is 10.8 Å². The van der Waals surface area contributed by atoms with E-state index in [-0.39, 0.29) is 21.1 Å². The van der Waals surface area contributed by atoms with Crippen LogP contribution in [-0.4, -0.2) is 12.1 Å². The van der Waals surface area contributed by atoms with Gasteiger partial charge in [-0.1, -0.05) is 23.9 Å². The molecule has 0 fully saturated rings. The number of hydrogen-bond acceptors (Lipinski definition) is 2. The predicted molar refractivity (Wildman–Crippen MR) is 60.2 cm³/mol. The Hall–Kier alpha value is -0.787. The maximum absolute atomic E-state index is 9.15. The van der Waals surface area contributed by atoms with Gasteiger partial charge in [0.15, 0.2) is 0 Å². The van der Waals surface area contributed by atoms with Crippen molar-refractivity contribution < 1.29 is 26.1 Å². The SMILES string of the molecule is CB(O)Nc1[c-]cc2ccccc2c1.[W]. The summed E-state index contributed by atoms with van der Waals surface area (Å²) in [6.45, 7) is 1.68. The van der Waals surface area contributed by atoms with Crippen molar-refractivity contribution in [2.24, 2.45) is 0 Å². The van der Waals surface area contributed by atoms with E-state index in [1.165, 1.54) is 0 Å². The van der Waals surface area contributed by atoms with Crippen molar-refractivity contribution in [1.82, 2.24) is 0 Å².